The maximum Gasteiger partial charge on any atom is 0.408 e. The average molecular weight is 662 g/mol. The average Bonchev–Trinajstić information content (AvgIpc) is 3.02. The van der Waals surface area contributed by atoms with Crippen molar-refractivity contribution in [3.63, 3.8) is 0 Å². The number of aliphatic hydroxyl groups is 1. The molecule has 0 aliphatic rings. The van der Waals surface area contributed by atoms with Crippen molar-refractivity contribution in [2.45, 2.75) is 83.9 Å². The first kappa shape index (κ1) is 37.6. The molecule has 11 nitrogen and oxygen atoms in total. The topological polar surface area (TPSA) is 163 Å². The highest BCUT2D eigenvalue weighted by atomic mass is 16.6. The Morgan fingerprint density at radius 2 is 1.17 bits per heavy atom. The smallest absolute Gasteiger partial charge is 0.408 e. The lowest BCUT2D eigenvalue weighted by molar-refractivity contribution is -0.149. The number of carbonyl (C=O) groups is 4. The van der Waals surface area contributed by atoms with Gasteiger partial charge in [-0.2, -0.15) is 0 Å². The highest BCUT2D eigenvalue weighted by Crippen LogP contribution is 2.22. The van der Waals surface area contributed by atoms with Crippen LogP contribution in [-0.2, 0) is 38.5 Å². The summed E-state index contributed by atoms with van der Waals surface area (Å²) in [7, 11) is 0. The Hall–Kier alpha value is -4.90. The summed E-state index contributed by atoms with van der Waals surface area (Å²) in [6.07, 6.45) is -3.22. The van der Waals surface area contributed by atoms with E-state index in [1.807, 2.05) is 30.3 Å². The molecule has 3 rings (SSSR count). The second-order valence-electron chi connectivity index (χ2n) is 13.0. The Kier molecular flexibility index (Phi) is 14.0. The van der Waals surface area contributed by atoms with Crippen LogP contribution in [0.5, 0.6) is 0 Å². The molecule has 0 aromatic heterocycles. The first-order valence-corrected chi connectivity index (χ1v) is 16.0. The lowest BCUT2D eigenvalue weighted by Gasteiger charge is -2.35. The molecule has 0 fully saturated rings. The molecular weight excluding hydrogens is 614 g/mol. The number of amides is 3. The quantitative estimate of drug-likeness (QED) is 0.154. The van der Waals surface area contributed by atoms with Crippen LogP contribution in [0.1, 0.15) is 51.3 Å². The fourth-order valence-corrected chi connectivity index (χ4v) is 5.23. The zero-order valence-electron chi connectivity index (χ0n) is 28.1. The molecule has 3 aromatic rings. The van der Waals surface area contributed by atoms with Crippen molar-refractivity contribution in [1.29, 1.82) is 0 Å². The summed E-state index contributed by atoms with van der Waals surface area (Å²) in [5, 5.41) is 30.4. The molecule has 0 radical (unpaired) electrons. The molecule has 3 aromatic carbocycles. The van der Waals surface area contributed by atoms with Crippen LogP contribution < -0.4 is 16.0 Å². The van der Waals surface area contributed by atoms with E-state index in [0.717, 1.165) is 16.7 Å². The highest BCUT2D eigenvalue weighted by Gasteiger charge is 2.41. The Balaban J connectivity index is 1.90. The molecule has 3 amide bonds. The van der Waals surface area contributed by atoms with Crippen LogP contribution in [0.3, 0.4) is 0 Å². The minimum Gasteiger partial charge on any atom is -0.481 e. The zero-order chi connectivity index (χ0) is 35.3. The molecule has 0 aliphatic heterocycles. The number of nitrogens with one attached hydrogen (secondary N) is 3. The molecule has 0 bridgehead atoms. The Morgan fingerprint density at radius 1 is 0.688 bits per heavy atom. The van der Waals surface area contributed by atoms with Crippen molar-refractivity contribution >= 4 is 24.1 Å². The summed E-state index contributed by atoms with van der Waals surface area (Å²) in [5.74, 6) is -3.98. The third-order valence-electron chi connectivity index (χ3n) is 7.56. The Labute approximate surface area is 282 Å². The number of hydrogen-bond donors (Lipinski definition) is 5. The number of carbonyl (C=O) groups excluding carboxylic acids is 3. The Morgan fingerprint density at radius 3 is 1.62 bits per heavy atom. The van der Waals surface area contributed by atoms with Gasteiger partial charge in [0.05, 0.1) is 18.2 Å². The number of alkyl carbamates (subject to hydrolysis) is 2. The van der Waals surface area contributed by atoms with E-state index in [9.17, 15) is 29.4 Å². The van der Waals surface area contributed by atoms with Crippen LogP contribution in [0, 0.1) is 11.8 Å². The van der Waals surface area contributed by atoms with Crippen molar-refractivity contribution in [3.8, 4) is 0 Å². The number of benzene rings is 3. The van der Waals surface area contributed by atoms with E-state index in [4.69, 9.17) is 9.47 Å². The van der Waals surface area contributed by atoms with Crippen LogP contribution in [0.2, 0.25) is 0 Å². The minimum absolute atomic E-state index is 0.00218. The van der Waals surface area contributed by atoms with Gasteiger partial charge in [0, 0.05) is 0 Å². The van der Waals surface area contributed by atoms with Gasteiger partial charge in [-0.3, -0.25) is 9.59 Å². The van der Waals surface area contributed by atoms with Crippen LogP contribution in [0.25, 0.3) is 0 Å². The van der Waals surface area contributed by atoms with E-state index in [0.29, 0.717) is 0 Å². The van der Waals surface area contributed by atoms with E-state index in [-0.39, 0.29) is 19.4 Å². The molecule has 258 valence electrons. The van der Waals surface area contributed by atoms with Crippen molar-refractivity contribution in [2.24, 2.45) is 11.8 Å². The molecule has 5 N–H and O–H groups in total. The predicted molar refractivity (Wildman–Crippen MR) is 181 cm³/mol. The Bertz CT molecular complexity index is 1460. The van der Waals surface area contributed by atoms with Gasteiger partial charge in [0.1, 0.15) is 24.2 Å². The number of aliphatic hydroxyl groups excluding tert-OH is 1. The molecule has 48 heavy (non-hydrogen) atoms. The molecule has 0 aliphatic carbocycles. The highest BCUT2D eigenvalue weighted by molar-refractivity contribution is 5.86. The second kappa shape index (κ2) is 17.9. The zero-order valence-corrected chi connectivity index (χ0v) is 28.1. The second-order valence-corrected chi connectivity index (χ2v) is 13.0. The first-order chi connectivity index (χ1) is 22.7. The lowest BCUT2D eigenvalue weighted by Crippen LogP contribution is -2.59. The van der Waals surface area contributed by atoms with E-state index in [2.05, 4.69) is 16.0 Å². The van der Waals surface area contributed by atoms with Gasteiger partial charge in [-0.1, -0.05) is 105 Å². The monoisotopic (exact) mass is 661 g/mol. The number of rotatable bonds is 15. The summed E-state index contributed by atoms with van der Waals surface area (Å²) in [5.41, 5.74) is 1.36. The first-order valence-electron chi connectivity index (χ1n) is 16.0. The molecule has 11 heteroatoms. The number of hydrogen-bond acceptors (Lipinski definition) is 7. The maximum atomic E-state index is 13.8. The molecule has 0 heterocycles. The van der Waals surface area contributed by atoms with Gasteiger partial charge in [-0.15, -0.1) is 0 Å². The van der Waals surface area contributed by atoms with Crippen LogP contribution in [0.4, 0.5) is 9.59 Å². The van der Waals surface area contributed by atoms with Crippen LogP contribution in [0.15, 0.2) is 91.0 Å². The van der Waals surface area contributed by atoms with Gasteiger partial charge < -0.3 is 35.6 Å². The largest absolute Gasteiger partial charge is 0.481 e. The van der Waals surface area contributed by atoms with Crippen LogP contribution >= 0.6 is 0 Å². The number of ether oxygens (including phenoxy) is 2. The van der Waals surface area contributed by atoms with Gasteiger partial charge >= 0.3 is 18.2 Å². The fourth-order valence-electron chi connectivity index (χ4n) is 5.23. The molecule has 0 saturated heterocycles. The van der Waals surface area contributed by atoms with Crippen molar-refractivity contribution < 1.29 is 38.9 Å². The SMILES string of the molecule is CC(C)[C@H](NC(=O)OCc1ccccc1)C(=O)N[C@@H](Cc1ccccc1)[C@H](O)[C@@H](C(=O)O)[C@H](Cc1ccccc1)NC(=O)OC(C)(C)C. The maximum absolute atomic E-state index is 13.8. The van der Waals surface area contributed by atoms with E-state index in [1.54, 1.807) is 95.3 Å². The van der Waals surface area contributed by atoms with E-state index >= 15 is 0 Å². The van der Waals surface area contributed by atoms with Crippen molar-refractivity contribution in [1.82, 2.24) is 16.0 Å². The third-order valence-corrected chi connectivity index (χ3v) is 7.56. The predicted octanol–water partition coefficient (Wildman–Crippen LogP) is 4.86. The van der Waals surface area contributed by atoms with E-state index < -0.39 is 65.7 Å². The number of aliphatic carboxylic acids is 1. The van der Waals surface area contributed by atoms with Crippen molar-refractivity contribution in [2.75, 3.05) is 0 Å². The van der Waals surface area contributed by atoms with Crippen LogP contribution in [-0.4, -0.2) is 64.1 Å². The van der Waals surface area contributed by atoms with E-state index in [1.165, 1.54) is 0 Å². The van der Waals surface area contributed by atoms with Gasteiger partial charge in [0.25, 0.3) is 0 Å². The number of carboxylic acid groups (broad SMARTS) is 1. The minimum atomic E-state index is -1.69. The lowest BCUT2D eigenvalue weighted by atomic mass is 9.83. The summed E-state index contributed by atoms with van der Waals surface area (Å²) in [6, 6.07) is 23.7. The molecule has 0 unspecified atom stereocenters. The van der Waals surface area contributed by atoms with Gasteiger partial charge in [0.2, 0.25) is 5.91 Å². The molecular formula is C37H47N3O8. The summed E-state index contributed by atoms with van der Waals surface area (Å²) in [4.78, 5) is 52.3. The number of carboxylic acids is 1. The molecule has 0 saturated carbocycles. The van der Waals surface area contributed by atoms with Gasteiger partial charge in [-0.25, -0.2) is 9.59 Å². The fraction of sp³-hybridized carbons (Fsp3) is 0.405. The summed E-state index contributed by atoms with van der Waals surface area (Å²) in [6.45, 7) is 8.54. The summed E-state index contributed by atoms with van der Waals surface area (Å²) >= 11 is 0. The summed E-state index contributed by atoms with van der Waals surface area (Å²) < 4.78 is 10.8. The normalized spacial score (nSPS) is 14.5. The standard InChI is InChI=1S/C37H47N3O8/c1-24(2)31(40-35(45)47-23-27-19-13-8-14-20-27)33(42)38-29(22-26-17-11-7-12-18-26)32(41)30(34(43)44)28(21-25-15-9-6-10-16-25)39-36(46)48-37(3,4)5/h6-20,24,28-32,41H,21-23H2,1-5H3,(H,38,42)(H,39,46)(H,40,45)(H,43,44)/t28-,29-,30-,31-,32-/m0/s1. The van der Waals surface area contributed by atoms with Gasteiger partial charge in [-0.05, 0) is 56.2 Å². The molecule has 0 spiro atoms. The third kappa shape index (κ3) is 12.4. The van der Waals surface area contributed by atoms with Crippen molar-refractivity contribution in [3.05, 3.63) is 108 Å². The molecule has 5 atom stereocenters. The van der Waals surface area contributed by atoms with Gasteiger partial charge in [0.15, 0.2) is 0 Å².